The smallest absolute Gasteiger partial charge is 0.257 e. The van der Waals surface area contributed by atoms with Gasteiger partial charge in [-0.15, -0.1) is 0 Å². The number of nitrogens with zero attached hydrogens (tertiary/aromatic N) is 4. The number of aromatic nitrogens is 2. The van der Waals surface area contributed by atoms with Crippen molar-refractivity contribution in [3.05, 3.63) is 17.5 Å². The van der Waals surface area contributed by atoms with E-state index in [9.17, 15) is 9.90 Å². The van der Waals surface area contributed by atoms with Crippen LogP contribution in [0.5, 0.6) is 0 Å². The number of likely N-dealkylation sites (tertiary alicyclic amines) is 1. The van der Waals surface area contributed by atoms with Gasteiger partial charge in [0.05, 0.1) is 11.8 Å². The van der Waals surface area contributed by atoms with Gasteiger partial charge < -0.3 is 19.8 Å². The molecule has 2 aliphatic rings. The molecule has 140 valence electrons. The van der Waals surface area contributed by atoms with E-state index in [1.807, 2.05) is 4.90 Å². The molecule has 7 heteroatoms. The number of hydrogen-bond acceptors (Lipinski definition) is 5. The highest BCUT2D eigenvalue weighted by Gasteiger charge is 2.37. The molecule has 2 N–H and O–H groups in total. The van der Waals surface area contributed by atoms with Crippen molar-refractivity contribution >= 4 is 5.91 Å². The Morgan fingerprint density at radius 3 is 2.68 bits per heavy atom. The highest BCUT2D eigenvalue weighted by atomic mass is 16.3. The Bertz CT molecular complexity index is 568. The monoisotopic (exact) mass is 349 g/mol. The summed E-state index contributed by atoms with van der Waals surface area (Å²) >= 11 is 0. The van der Waals surface area contributed by atoms with Crippen LogP contribution in [0.4, 0.5) is 0 Å². The second-order valence-corrected chi connectivity index (χ2v) is 7.53. The molecule has 0 unspecified atom stereocenters. The topological polar surface area (TPSA) is 75.7 Å². The SMILES string of the molecule is CCCc1[nH]ncc1C(=O)N1C[C@@H](CN2CCN(C)CC2)[C@@H](CO)C1. The fourth-order valence-electron chi connectivity index (χ4n) is 3.99. The van der Waals surface area contributed by atoms with Gasteiger partial charge in [-0.3, -0.25) is 9.89 Å². The molecule has 1 aromatic heterocycles. The summed E-state index contributed by atoms with van der Waals surface area (Å²) in [6.07, 6.45) is 3.46. The van der Waals surface area contributed by atoms with Crippen molar-refractivity contribution in [3.63, 3.8) is 0 Å². The maximum absolute atomic E-state index is 12.9. The lowest BCUT2D eigenvalue weighted by Crippen LogP contribution is -2.47. The molecule has 0 aromatic carbocycles. The van der Waals surface area contributed by atoms with Crippen molar-refractivity contribution in [2.45, 2.75) is 19.8 Å². The van der Waals surface area contributed by atoms with Crippen molar-refractivity contribution in [3.8, 4) is 0 Å². The first-order valence-electron chi connectivity index (χ1n) is 9.45. The largest absolute Gasteiger partial charge is 0.396 e. The zero-order valence-corrected chi connectivity index (χ0v) is 15.4. The molecule has 2 aliphatic heterocycles. The molecule has 3 heterocycles. The number of aliphatic hydroxyl groups excluding tert-OH is 1. The predicted molar refractivity (Wildman–Crippen MR) is 96.5 cm³/mol. The van der Waals surface area contributed by atoms with Crippen LogP contribution in [0.2, 0.25) is 0 Å². The molecular weight excluding hydrogens is 318 g/mol. The second-order valence-electron chi connectivity index (χ2n) is 7.53. The van der Waals surface area contributed by atoms with Crippen LogP contribution in [0.3, 0.4) is 0 Å². The van der Waals surface area contributed by atoms with Gasteiger partial charge in [0.2, 0.25) is 0 Å². The first-order valence-corrected chi connectivity index (χ1v) is 9.45. The van der Waals surface area contributed by atoms with Crippen LogP contribution in [0.15, 0.2) is 6.20 Å². The highest BCUT2D eigenvalue weighted by Crippen LogP contribution is 2.26. The number of aryl methyl sites for hydroxylation is 1. The standard InChI is InChI=1S/C18H31N5O2/c1-3-4-17-16(9-19-20-17)18(25)23-11-14(15(12-23)13-24)10-22-7-5-21(2)6-8-22/h9,14-15,24H,3-8,10-13H2,1-2H3,(H,19,20)/t14-,15-/m1/s1. The molecule has 0 bridgehead atoms. The molecule has 1 aromatic rings. The summed E-state index contributed by atoms with van der Waals surface area (Å²) in [7, 11) is 2.16. The normalized spacial score (nSPS) is 25.6. The molecule has 2 saturated heterocycles. The fourth-order valence-corrected chi connectivity index (χ4v) is 3.99. The molecule has 3 rings (SSSR count). The number of nitrogens with one attached hydrogen (secondary N) is 1. The average Bonchev–Trinajstić information content (AvgIpc) is 3.23. The maximum Gasteiger partial charge on any atom is 0.257 e. The third-order valence-corrected chi connectivity index (χ3v) is 5.64. The van der Waals surface area contributed by atoms with Gasteiger partial charge in [0, 0.05) is 64.0 Å². The Labute approximate surface area is 150 Å². The van der Waals surface area contributed by atoms with Crippen LogP contribution in [-0.2, 0) is 6.42 Å². The number of carbonyl (C=O) groups is 1. The van der Waals surface area contributed by atoms with Gasteiger partial charge >= 0.3 is 0 Å². The van der Waals surface area contributed by atoms with Crippen molar-refractivity contribution in [2.24, 2.45) is 11.8 Å². The van der Waals surface area contributed by atoms with Crippen LogP contribution >= 0.6 is 0 Å². The minimum Gasteiger partial charge on any atom is -0.396 e. The number of aromatic amines is 1. The number of aliphatic hydroxyl groups is 1. The minimum atomic E-state index is 0.0523. The van der Waals surface area contributed by atoms with Crippen molar-refractivity contribution < 1.29 is 9.90 Å². The Morgan fingerprint density at radius 2 is 2.00 bits per heavy atom. The molecule has 25 heavy (non-hydrogen) atoms. The van der Waals surface area contributed by atoms with Crippen molar-refractivity contribution in [2.75, 3.05) is 59.5 Å². The van der Waals surface area contributed by atoms with E-state index in [1.165, 1.54) is 0 Å². The third kappa shape index (κ3) is 4.22. The second kappa shape index (κ2) is 8.29. The van der Waals surface area contributed by atoms with E-state index in [0.29, 0.717) is 18.0 Å². The molecule has 2 fully saturated rings. The average molecular weight is 349 g/mol. The lowest BCUT2D eigenvalue weighted by atomic mass is 9.96. The molecule has 0 spiro atoms. The van der Waals surface area contributed by atoms with Gasteiger partial charge in [-0.25, -0.2) is 0 Å². The van der Waals surface area contributed by atoms with E-state index in [0.717, 1.165) is 57.8 Å². The molecule has 0 radical (unpaired) electrons. The molecular formula is C18H31N5O2. The molecule has 0 saturated carbocycles. The number of rotatable bonds is 6. The van der Waals surface area contributed by atoms with E-state index in [1.54, 1.807) is 6.20 Å². The van der Waals surface area contributed by atoms with Crippen LogP contribution in [0, 0.1) is 11.8 Å². The summed E-state index contributed by atoms with van der Waals surface area (Å²) in [5.74, 6) is 0.570. The van der Waals surface area contributed by atoms with Gasteiger partial charge in [-0.05, 0) is 19.4 Å². The summed E-state index contributed by atoms with van der Waals surface area (Å²) in [4.78, 5) is 19.6. The number of H-pyrrole nitrogens is 1. The summed E-state index contributed by atoms with van der Waals surface area (Å²) in [5, 5.41) is 16.8. The van der Waals surface area contributed by atoms with Crippen molar-refractivity contribution in [1.29, 1.82) is 0 Å². The highest BCUT2D eigenvalue weighted by molar-refractivity contribution is 5.95. The minimum absolute atomic E-state index is 0.0523. The Kier molecular flexibility index (Phi) is 6.09. The Morgan fingerprint density at radius 1 is 1.28 bits per heavy atom. The van der Waals surface area contributed by atoms with Gasteiger partial charge in [0.1, 0.15) is 0 Å². The van der Waals surface area contributed by atoms with Gasteiger partial charge in [0.25, 0.3) is 5.91 Å². The first kappa shape index (κ1) is 18.4. The van der Waals surface area contributed by atoms with Crippen LogP contribution in [0.1, 0.15) is 29.4 Å². The number of hydrogen-bond donors (Lipinski definition) is 2. The van der Waals surface area contributed by atoms with Crippen LogP contribution in [0.25, 0.3) is 0 Å². The van der Waals surface area contributed by atoms with E-state index >= 15 is 0 Å². The Hall–Kier alpha value is -1.44. The van der Waals surface area contributed by atoms with Crippen molar-refractivity contribution in [1.82, 2.24) is 24.9 Å². The van der Waals surface area contributed by atoms with Crippen LogP contribution < -0.4 is 0 Å². The fraction of sp³-hybridized carbons (Fsp3) is 0.778. The Balaban J connectivity index is 1.62. The number of likely N-dealkylation sites (N-methyl/N-ethyl adjacent to an activating group) is 1. The lowest BCUT2D eigenvalue weighted by molar-refractivity contribution is 0.0776. The molecule has 2 atom stereocenters. The molecule has 0 aliphatic carbocycles. The molecule has 1 amide bonds. The number of amides is 1. The zero-order valence-electron chi connectivity index (χ0n) is 15.4. The summed E-state index contributed by atoms with van der Waals surface area (Å²) < 4.78 is 0. The van der Waals surface area contributed by atoms with E-state index < -0.39 is 0 Å². The van der Waals surface area contributed by atoms with Gasteiger partial charge in [-0.2, -0.15) is 5.10 Å². The zero-order chi connectivity index (χ0) is 17.8. The predicted octanol–water partition coefficient (Wildman–Crippen LogP) is 0.290. The lowest BCUT2D eigenvalue weighted by Gasteiger charge is -2.34. The summed E-state index contributed by atoms with van der Waals surface area (Å²) in [6, 6.07) is 0. The van der Waals surface area contributed by atoms with Gasteiger partial charge in [-0.1, -0.05) is 13.3 Å². The van der Waals surface area contributed by atoms with E-state index in [-0.39, 0.29) is 18.4 Å². The third-order valence-electron chi connectivity index (χ3n) is 5.64. The maximum atomic E-state index is 12.9. The number of piperazine rings is 1. The first-order chi connectivity index (χ1) is 12.1. The van der Waals surface area contributed by atoms with Gasteiger partial charge in [0.15, 0.2) is 0 Å². The van der Waals surface area contributed by atoms with E-state index in [2.05, 4.69) is 34.0 Å². The molecule has 7 nitrogen and oxygen atoms in total. The summed E-state index contributed by atoms with van der Waals surface area (Å²) in [5.41, 5.74) is 1.62. The van der Waals surface area contributed by atoms with Crippen LogP contribution in [-0.4, -0.2) is 95.4 Å². The summed E-state index contributed by atoms with van der Waals surface area (Å²) in [6.45, 7) is 8.91. The number of carbonyl (C=O) groups excluding carboxylic acids is 1. The van der Waals surface area contributed by atoms with E-state index in [4.69, 9.17) is 0 Å². The quantitative estimate of drug-likeness (QED) is 0.772.